The van der Waals surface area contributed by atoms with Crippen LogP contribution in [0, 0.1) is 17.2 Å². The average molecular weight is 364 g/mol. The first-order valence-corrected chi connectivity index (χ1v) is 8.50. The van der Waals surface area contributed by atoms with E-state index >= 15 is 0 Å². The molecule has 0 unspecified atom stereocenters. The van der Waals surface area contributed by atoms with E-state index in [0.29, 0.717) is 37.0 Å². The van der Waals surface area contributed by atoms with Crippen LogP contribution in [0.4, 0.5) is 4.39 Å². The number of aromatic hydroxyl groups is 1. The van der Waals surface area contributed by atoms with Crippen LogP contribution in [-0.2, 0) is 16.0 Å². The maximum Gasteiger partial charge on any atom is 0.186 e. The van der Waals surface area contributed by atoms with E-state index in [1.54, 1.807) is 6.08 Å². The topological polar surface area (TPSA) is 76.0 Å². The summed E-state index contributed by atoms with van der Waals surface area (Å²) in [5, 5.41) is 19.0. The molecule has 0 spiro atoms. The van der Waals surface area contributed by atoms with Crippen LogP contribution < -0.4 is 4.74 Å². The molecule has 2 N–H and O–H groups in total. The number of phenols is 1. The van der Waals surface area contributed by atoms with E-state index in [0.717, 1.165) is 6.07 Å². The lowest BCUT2D eigenvalue weighted by Gasteiger charge is -2.37. The molecule has 142 valence electrons. The summed E-state index contributed by atoms with van der Waals surface area (Å²) >= 11 is 0. The van der Waals surface area contributed by atoms with Crippen molar-refractivity contribution in [1.29, 1.82) is 0 Å². The summed E-state index contributed by atoms with van der Waals surface area (Å²) in [5.74, 6) is -0.373. The summed E-state index contributed by atoms with van der Waals surface area (Å²) in [6.07, 6.45) is 5.03. The van der Waals surface area contributed by atoms with Crippen molar-refractivity contribution < 1.29 is 28.9 Å². The molecule has 0 amide bonds. The number of benzene rings is 1. The van der Waals surface area contributed by atoms with Gasteiger partial charge in [0.05, 0.1) is 7.11 Å². The van der Waals surface area contributed by atoms with Gasteiger partial charge in [-0.1, -0.05) is 13.0 Å². The van der Waals surface area contributed by atoms with Gasteiger partial charge in [0.15, 0.2) is 24.1 Å². The summed E-state index contributed by atoms with van der Waals surface area (Å²) in [6.45, 7) is 5.09. The molecule has 0 heterocycles. The standard InChI is InChI=1S/C20H25FO5/c1-4-5-14-11-20(2,19(26-12-22)10-16(14)23)7-6-13-8-17(24)18(25-3)9-15(13)21/h4,8-10,14,22,24H,1,5-7,11-12H2,2-3H3/t14-,20+/m0/s1. The summed E-state index contributed by atoms with van der Waals surface area (Å²) in [7, 11) is 1.36. The van der Waals surface area contributed by atoms with Crippen molar-refractivity contribution in [1.82, 2.24) is 0 Å². The molecule has 5 nitrogen and oxygen atoms in total. The zero-order chi connectivity index (χ0) is 19.3. The van der Waals surface area contributed by atoms with E-state index in [1.165, 1.54) is 19.3 Å². The van der Waals surface area contributed by atoms with Gasteiger partial charge < -0.3 is 19.7 Å². The number of allylic oxidation sites excluding steroid dienone is 3. The Labute approximate surface area is 152 Å². The van der Waals surface area contributed by atoms with Crippen LogP contribution in [0.1, 0.15) is 31.7 Å². The van der Waals surface area contributed by atoms with Crippen LogP contribution in [0.25, 0.3) is 0 Å². The molecular formula is C20H25FO5. The van der Waals surface area contributed by atoms with Gasteiger partial charge in [-0.05, 0) is 37.3 Å². The number of rotatable bonds is 8. The van der Waals surface area contributed by atoms with Crippen molar-refractivity contribution in [3.8, 4) is 11.5 Å². The molecule has 0 fully saturated rings. The lowest BCUT2D eigenvalue weighted by atomic mass is 9.69. The van der Waals surface area contributed by atoms with Crippen LogP contribution in [0.5, 0.6) is 11.5 Å². The summed E-state index contributed by atoms with van der Waals surface area (Å²) in [5.41, 5.74) is -0.184. The van der Waals surface area contributed by atoms with Crippen molar-refractivity contribution in [2.75, 3.05) is 13.9 Å². The number of hydrogen-bond donors (Lipinski definition) is 2. The van der Waals surface area contributed by atoms with Gasteiger partial charge >= 0.3 is 0 Å². The smallest absolute Gasteiger partial charge is 0.186 e. The van der Waals surface area contributed by atoms with Crippen molar-refractivity contribution in [3.05, 3.63) is 48.0 Å². The highest BCUT2D eigenvalue weighted by Crippen LogP contribution is 2.44. The largest absolute Gasteiger partial charge is 0.504 e. The molecule has 1 aromatic carbocycles. The zero-order valence-electron chi connectivity index (χ0n) is 15.1. The maximum atomic E-state index is 14.3. The Morgan fingerprint density at radius 1 is 1.46 bits per heavy atom. The van der Waals surface area contributed by atoms with E-state index in [-0.39, 0.29) is 23.2 Å². The van der Waals surface area contributed by atoms with E-state index in [9.17, 15) is 14.3 Å². The molecule has 0 saturated carbocycles. The van der Waals surface area contributed by atoms with Crippen LogP contribution >= 0.6 is 0 Å². The number of phenolic OH excluding ortho intramolecular Hbond substituents is 1. The fourth-order valence-electron chi connectivity index (χ4n) is 3.43. The molecule has 0 bridgehead atoms. The second kappa shape index (κ2) is 8.36. The number of methoxy groups -OCH3 is 1. The van der Waals surface area contributed by atoms with Gasteiger partial charge in [0.1, 0.15) is 11.6 Å². The molecule has 26 heavy (non-hydrogen) atoms. The molecule has 0 aromatic heterocycles. The van der Waals surface area contributed by atoms with Gasteiger partial charge in [0, 0.05) is 23.5 Å². The highest BCUT2D eigenvalue weighted by molar-refractivity contribution is 5.93. The first kappa shape index (κ1) is 20.0. The Balaban J connectivity index is 2.24. The molecule has 1 aliphatic rings. The van der Waals surface area contributed by atoms with Gasteiger partial charge in [-0.15, -0.1) is 6.58 Å². The Kier molecular flexibility index (Phi) is 6.42. The monoisotopic (exact) mass is 364 g/mol. The predicted octanol–water partition coefficient (Wildman–Crippen LogP) is 3.49. The van der Waals surface area contributed by atoms with Crippen LogP contribution in [0.3, 0.4) is 0 Å². The van der Waals surface area contributed by atoms with E-state index in [4.69, 9.17) is 14.6 Å². The van der Waals surface area contributed by atoms with Crippen LogP contribution in [0.15, 0.2) is 36.6 Å². The minimum atomic E-state index is -0.535. The van der Waals surface area contributed by atoms with Crippen molar-refractivity contribution in [2.45, 2.75) is 32.6 Å². The van der Waals surface area contributed by atoms with Gasteiger partial charge in [0.25, 0.3) is 0 Å². The number of aliphatic hydroxyl groups excluding tert-OH is 1. The van der Waals surface area contributed by atoms with Gasteiger partial charge in [-0.2, -0.15) is 0 Å². The average Bonchev–Trinajstić information content (AvgIpc) is 2.60. The minimum Gasteiger partial charge on any atom is -0.504 e. The molecule has 1 aromatic rings. The second-order valence-electron chi connectivity index (χ2n) is 6.79. The minimum absolute atomic E-state index is 0.0564. The van der Waals surface area contributed by atoms with Crippen molar-refractivity contribution >= 4 is 5.78 Å². The number of carbonyl (C=O) groups is 1. The molecule has 0 aliphatic heterocycles. The number of ether oxygens (including phenoxy) is 2. The molecule has 0 saturated heterocycles. The maximum absolute atomic E-state index is 14.3. The number of halogens is 1. The number of hydrogen-bond acceptors (Lipinski definition) is 5. The number of aryl methyl sites for hydroxylation is 1. The first-order valence-electron chi connectivity index (χ1n) is 8.50. The predicted molar refractivity (Wildman–Crippen MR) is 95.2 cm³/mol. The second-order valence-corrected chi connectivity index (χ2v) is 6.79. The summed E-state index contributed by atoms with van der Waals surface area (Å²) < 4.78 is 24.4. The lowest BCUT2D eigenvalue weighted by Crippen LogP contribution is -2.33. The molecule has 1 aliphatic carbocycles. The zero-order valence-corrected chi connectivity index (χ0v) is 15.1. The van der Waals surface area contributed by atoms with Gasteiger partial charge in [-0.3, -0.25) is 4.79 Å². The normalized spacial score (nSPS) is 22.7. The molecule has 6 heteroatoms. The van der Waals surface area contributed by atoms with E-state index < -0.39 is 18.0 Å². The van der Waals surface area contributed by atoms with Gasteiger partial charge in [0.2, 0.25) is 0 Å². The number of aliphatic hydroxyl groups is 1. The molecular weight excluding hydrogens is 339 g/mol. The molecule has 0 radical (unpaired) electrons. The van der Waals surface area contributed by atoms with Crippen LogP contribution in [0.2, 0.25) is 0 Å². The molecule has 2 rings (SSSR count). The fraction of sp³-hybridized carbons (Fsp3) is 0.450. The molecule has 2 atom stereocenters. The van der Waals surface area contributed by atoms with Crippen LogP contribution in [-0.4, -0.2) is 29.9 Å². The van der Waals surface area contributed by atoms with Gasteiger partial charge in [-0.25, -0.2) is 4.39 Å². The third kappa shape index (κ3) is 4.25. The lowest BCUT2D eigenvalue weighted by molar-refractivity contribution is -0.121. The highest BCUT2D eigenvalue weighted by Gasteiger charge is 2.39. The SMILES string of the molecule is C=CC[C@H]1C[C@@](C)(CCc2cc(O)c(OC)cc2F)C(OCO)=CC1=O. The Hall–Kier alpha value is -2.34. The Morgan fingerprint density at radius 3 is 2.81 bits per heavy atom. The first-order chi connectivity index (χ1) is 12.3. The third-order valence-electron chi connectivity index (χ3n) is 4.93. The van der Waals surface area contributed by atoms with Crippen molar-refractivity contribution in [3.63, 3.8) is 0 Å². The van der Waals surface area contributed by atoms with Crippen molar-refractivity contribution in [2.24, 2.45) is 11.3 Å². The summed E-state index contributed by atoms with van der Waals surface area (Å²) in [6, 6.07) is 2.50. The fourth-order valence-corrected chi connectivity index (χ4v) is 3.43. The van der Waals surface area contributed by atoms with E-state index in [2.05, 4.69) is 6.58 Å². The summed E-state index contributed by atoms with van der Waals surface area (Å²) in [4.78, 5) is 12.2. The quantitative estimate of drug-likeness (QED) is 0.545. The van der Waals surface area contributed by atoms with E-state index in [1.807, 2.05) is 6.92 Å². The number of ketones is 1. The Morgan fingerprint density at radius 2 is 2.19 bits per heavy atom. The highest BCUT2D eigenvalue weighted by atomic mass is 19.1. The Bertz CT molecular complexity index is 712. The third-order valence-corrected chi connectivity index (χ3v) is 4.93. The number of carbonyl (C=O) groups excluding carboxylic acids is 1.